The Kier molecular flexibility index (Phi) is 10.2. The fraction of sp³-hybridized carbons (Fsp3) is 0.750. The number of hydrogen-bond donors (Lipinski definition) is 3. The van der Waals surface area contributed by atoms with Gasteiger partial charge in [-0.1, -0.05) is 73.6 Å². The van der Waals surface area contributed by atoms with Gasteiger partial charge in [-0.25, -0.2) is 4.79 Å². The minimum atomic E-state index is -0.881. The largest absolute Gasteiger partial charge is 0.480 e. The van der Waals surface area contributed by atoms with Gasteiger partial charge in [0.2, 0.25) is 5.91 Å². The number of benzene rings is 1. The molecule has 51 heavy (non-hydrogen) atoms. The summed E-state index contributed by atoms with van der Waals surface area (Å²) in [6.07, 6.45) is 13.4. The molecule has 0 saturated heterocycles. The number of aromatic carboxylic acids is 1. The lowest BCUT2D eigenvalue weighted by Gasteiger charge is -2.72. The number of carbonyl (C=O) groups is 3. The molecule has 7 nitrogen and oxygen atoms in total. The maximum atomic E-state index is 14.5. The second-order valence-corrected chi connectivity index (χ2v) is 19.1. The lowest BCUT2D eigenvalue weighted by Crippen LogP contribution is -2.66. The second-order valence-electron chi connectivity index (χ2n) is 19.1. The number of rotatable bonds is 11. The summed E-state index contributed by atoms with van der Waals surface area (Å²) < 4.78 is 0. The standard InChI is InChI=1S/C44H66N2O5/c1-9-46(27-36(47)48)26-10-25-45-39(51)44-22-17-31(28(2)3)37(44)33-15-16-35-41(6)20-18-32(29-11-13-30(14-12-29)38(49)50)40(4,5)34(41)19-21-43(35,8)42(33,7)23-24-44/h11-14,18,28,31,33-35,37H,9-10,15-17,19-27H2,1-8H3,(H,45,51)(H,47,48)(H,49,50)/t31-,33+,34-,35+,37+,41-,42+,43+,44-/m0/s1. The molecule has 0 aliphatic heterocycles. The van der Waals surface area contributed by atoms with E-state index >= 15 is 0 Å². The number of carbonyl (C=O) groups excluding carboxylic acids is 1. The molecule has 1 amide bonds. The average Bonchev–Trinajstić information content (AvgIpc) is 3.47. The Morgan fingerprint density at radius 1 is 0.882 bits per heavy atom. The zero-order valence-corrected chi connectivity index (χ0v) is 32.8. The average molecular weight is 703 g/mol. The van der Waals surface area contributed by atoms with Gasteiger partial charge in [-0.2, -0.15) is 0 Å². The molecule has 0 unspecified atom stereocenters. The highest BCUT2D eigenvalue weighted by Crippen LogP contribution is 2.77. The number of likely N-dealkylation sites (N-methyl/N-ethyl adjacent to an activating group) is 1. The van der Waals surface area contributed by atoms with E-state index in [0.29, 0.717) is 60.7 Å². The first-order chi connectivity index (χ1) is 24.0. The molecule has 5 aliphatic carbocycles. The van der Waals surface area contributed by atoms with Crippen LogP contribution in [-0.2, 0) is 9.59 Å². The zero-order chi connectivity index (χ0) is 37.1. The molecule has 7 heteroatoms. The van der Waals surface area contributed by atoms with Crippen LogP contribution in [0.25, 0.3) is 5.57 Å². The Bertz CT molecular complexity index is 1530. The zero-order valence-electron chi connectivity index (χ0n) is 32.8. The first kappa shape index (κ1) is 38.1. The van der Waals surface area contributed by atoms with Crippen LogP contribution in [0, 0.1) is 62.6 Å². The van der Waals surface area contributed by atoms with E-state index in [4.69, 9.17) is 0 Å². The summed E-state index contributed by atoms with van der Waals surface area (Å²) in [5, 5.41) is 22.1. The van der Waals surface area contributed by atoms with Crippen molar-refractivity contribution in [2.24, 2.45) is 62.6 Å². The topological polar surface area (TPSA) is 107 Å². The summed E-state index contributed by atoms with van der Waals surface area (Å²) >= 11 is 0. The van der Waals surface area contributed by atoms with Gasteiger partial charge in [-0.3, -0.25) is 14.5 Å². The Morgan fingerprint density at radius 2 is 1.59 bits per heavy atom. The molecular formula is C44H66N2O5. The van der Waals surface area contributed by atoms with Gasteiger partial charge in [-0.05, 0) is 151 Å². The Labute approximate surface area is 307 Å². The molecule has 3 N–H and O–H groups in total. The molecule has 5 aliphatic rings. The molecule has 6 rings (SSSR count). The van der Waals surface area contributed by atoms with E-state index in [9.17, 15) is 24.6 Å². The quantitative estimate of drug-likeness (QED) is 0.199. The number of hydrogen-bond acceptors (Lipinski definition) is 4. The van der Waals surface area contributed by atoms with Crippen LogP contribution < -0.4 is 5.32 Å². The predicted molar refractivity (Wildman–Crippen MR) is 203 cm³/mol. The summed E-state index contributed by atoms with van der Waals surface area (Å²) in [6, 6.07) is 7.52. The molecule has 4 saturated carbocycles. The highest BCUT2D eigenvalue weighted by Gasteiger charge is 2.71. The van der Waals surface area contributed by atoms with Crippen molar-refractivity contribution in [2.45, 2.75) is 120 Å². The van der Waals surface area contributed by atoms with Gasteiger partial charge in [0, 0.05) is 13.1 Å². The van der Waals surface area contributed by atoms with Gasteiger partial charge < -0.3 is 15.5 Å². The molecule has 0 radical (unpaired) electrons. The number of fused-ring (bicyclic) bond motifs is 7. The van der Waals surface area contributed by atoms with E-state index in [-0.39, 0.29) is 39.5 Å². The van der Waals surface area contributed by atoms with Crippen molar-refractivity contribution in [2.75, 3.05) is 26.2 Å². The van der Waals surface area contributed by atoms with Gasteiger partial charge in [0.15, 0.2) is 0 Å². The van der Waals surface area contributed by atoms with Crippen LogP contribution in [0.2, 0.25) is 0 Å². The molecule has 0 spiro atoms. The molecule has 0 heterocycles. The first-order valence-corrected chi connectivity index (χ1v) is 20.2. The lowest BCUT2D eigenvalue weighted by atomic mass is 9.32. The van der Waals surface area contributed by atoms with Crippen molar-refractivity contribution in [3.8, 4) is 0 Å². The van der Waals surface area contributed by atoms with Gasteiger partial charge in [0.25, 0.3) is 0 Å². The molecule has 1 aromatic rings. The highest BCUT2D eigenvalue weighted by atomic mass is 16.4. The van der Waals surface area contributed by atoms with Crippen molar-refractivity contribution in [3.63, 3.8) is 0 Å². The smallest absolute Gasteiger partial charge is 0.335 e. The minimum absolute atomic E-state index is 0.0212. The Morgan fingerprint density at radius 3 is 2.22 bits per heavy atom. The normalized spacial score (nSPS) is 38.2. The summed E-state index contributed by atoms with van der Waals surface area (Å²) in [5.74, 6) is 1.80. The number of carboxylic acids is 2. The van der Waals surface area contributed by atoms with Crippen LogP contribution in [0.5, 0.6) is 0 Å². The van der Waals surface area contributed by atoms with Crippen LogP contribution in [0.3, 0.4) is 0 Å². The number of aliphatic carboxylic acids is 1. The Balaban J connectivity index is 1.25. The van der Waals surface area contributed by atoms with Crippen LogP contribution >= 0.6 is 0 Å². The van der Waals surface area contributed by atoms with Gasteiger partial charge in [0.05, 0.1) is 17.5 Å². The minimum Gasteiger partial charge on any atom is -0.480 e. The monoisotopic (exact) mass is 702 g/mol. The van der Waals surface area contributed by atoms with E-state index in [0.717, 1.165) is 44.1 Å². The molecule has 0 aromatic heterocycles. The number of allylic oxidation sites excluding steroid dienone is 2. The summed E-state index contributed by atoms with van der Waals surface area (Å²) in [7, 11) is 0. The lowest BCUT2D eigenvalue weighted by molar-refractivity contribution is -0.227. The SMILES string of the molecule is CCN(CCCNC(=O)[C@]12CC[C@@H](C(C)C)[C@@H]1[C@H]1CC[C@@H]3[C@@]4(C)CC=C(c5ccc(C(=O)O)cc5)C(C)(C)[C@@H]4CC[C@@]3(C)[C@]1(C)CC2)CC(=O)O. The fourth-order valence-electron chi connectivity index (χ4n) is 13.9. The number of nitrogens with zero attached hydrogens (tertiary/aromatic N) is 1. The second kappa shape index (κ2) is 13.6. The fourth-order valence-corrected chi connectivity index (χ4v) is 13.9. The van der Waals surface area contributed by atoms with Crippen LogP contribution in [0.15, 0.2) is 30.3 Å². The van der Waals surface area contributed by atoms with Crippen LogP contribution in [0.1, 0.15) is 136 Å². The van der Waals surface area contributed by atoms with Crippen LogP contribution in [0.4, 0.5) is 0 Å². The maximum absolute atomic E-state index is 14.5. The predicted octanol–water partition coefficient (Wildman–Crippen LogP) is 9.03. The maximum Gasteiger partial charge on any atom is 0.335 e. The molecule has 0 bridgehead atoms. The molecule has 4 fully saturated rings. The number of amides is 1. The third-order valence-electron chi connectivity index (χ3n) is 16.6. The van der Waals surface area contributed by atoms with Crippen molar-refractivity contribution in [1.82, 2.24) is 10.2 Å². The van der Waals surface area contributed by atoms with E-state index < -0.39 is 11.9 Å². The van der Waals surface area contributed by atoms with Crippen LogP contribution in [-0.4, -0.2) is 59.1 Å². The summed E-state index contributed by atoms with van der Waals surface area (Å²) in [4.78, 5) is 39.2. The Hall–Kier alpha value is -2.67. The third-order valence-corrected chi connectivity index (χ3v) is 16.6. The van der Waals surface area contributed by atoms with E-state index in [1.54, 1.807) is 12.1 Å². The van der Waals surface area contributed by atoms with Crippen molar-refractivity contribution in [3.05, 3.63) is 41.5 Å². The van der Waals surface area contributed by atoms with Crippen molar-refractivity contribution >= 4 is 23.4 Å². The molecule has 9 atom stereocenters. The molecule has 1 aromatic carbocycles. The molecule has 282 valence electrons. The van der Waals surface area contributed by atoms with Crippen molar-refractivity contribution in [1.29, 1.82) is 0 Å². The van der Waals surface area contributed by atoms with Crippen molar-refractivity contribution < 1.29 is 24.6 Å². The third kappa shape index (κ3) is 6.00. The summed E-state index contributed by atoms with van der Waals surface area (Å²) in [6.45, 7) is 21.6. The van der Waals surface area contributed by atoms with Gasteiger partial charge >= 0.3 is 11.9 Å². The number of nitrogens with one attached hydrogen (secondary N) is 1. The molecular weight excluding hydrogens is 636 g/mol. The van der Waals surface area contributed by atoms with E-state index in [2.05, 4.69) is 59.9 Å². The van der Waals surface area contributed by atoms with Gasteiger partial charge in [-0.15, -0.1) is 0 Å². The first-order valence-electron chi connectivity index (χ1n) is 20.2. The van der Waals surface area contributed by atoms with E-state index in [1.807, 2.05) is 24.0 Å². The highest BCUT2D eigenvalue weighted by molar-refractivity contribution is 5.88. The van der Waals surface area contributed by atoms with Gasteiger partial charge in [0.1, 0.15) is 0 Å². The number of carboxylic acid groups (broad SMARTS) is 2. The van der Waals surface area contributed by atoms with E-state index in [1.165, 1.54) is 31.3 Å². The summed E-state index contributed by atoms with van der Waals surface area (Å²) in [5.41, 5.74) is 3.10.